The summed E-state index contributed by atoms with van der Waals surface area (Å²) in [6.07, 6.45) is 0. The molecule has 0 bridgehead atoms. The Morgan fingerprint density at radius 1 is 0.548 bits per heavy atom. The second-order valence-corrected chi connectivity index (χ2v) is 10.5. The zero-order chi connectivity index (χ0) is 20.4. The lowest BCUT2D eigenvalue weighted by Crippen LogP contribution is -2.02. The second-order valence-electron chi connectivity index (χ2n) is 8.28. The summed E-state index contributed by atoms with van der Waals surface area (Å²) in [4.78, 5) is 2.99. The first-order valence-corrected chi connectivity index (χ1v) is 12.8. The van der Waals surface area contributed by atoms with Gasteiger partial charge in [-0.2, -0.15) is 0 Å². The Balaban J connectivity index is 1.71. The molecule has 31 heavy (non-hydrogen) atoms. The Morgan fingerprint density at radius 3 is 2.06 bits per heavy atom. The predicted molar refractivity (Wildman–Crippen MR) is 136 cm³/mol. The molecule has 0 spiro atoms. The van der Waals surface area contributed by atoms with E-state index in [-0.39, 0.29) is 5.92 Å². The molecule has 2 heteroatoms. The topological polar surface area (TPSA) is 0 Å². The van der Waals surface area contributed by atoms with Gasteiger partial charge in [-0.25, -0.2) is 0 Å². The molecule has 1 heterocycles. The smallest absolute Gasteiger partial charge is 0.0359 e. The lowest BCUT2D eigenvalue weighted by Gasteiger charge is -2.23. The van der Waals surface area contributed by atoms with Gasteiger partial charge in [0.2, 0.25) is 0 Å². The van der Waals surface area contributed by atoms with E-state index in [0.29, 0.717) is 0 Å². The van der Waals surface area contributed by atoms with Crippen molar-refractivity contribution in [3.8, 4) is 11.1 Å². The fraction of sp³-hybridized carbons (Fsp3) is 0.103. The number of fused-ring (bicyclic) bond motifs is 10. The average molecular weight is 433 g/mol. The first kappa shape index (κ1) is 17.9. The van der Waals surface area contributed by atoms with E-state index in [4.69, 9.17) is 0 Å². The molecule has 0 fully saturated rings. The molecule has 1 atom stereocenters. The van der Waals surface area contributed by atoms with Crippen molar-refractivity contribution < 1.29 is 0 Å². The van der Waals surface area contributed by atoms with Gasteiger partial charge in [-0.1, -0.05) is 91.0 Å². The van der Waals surface area contributed by atoms with Crippen LogP contribution >= 0.6 is 23.5 Å². The quantitative estimate of drug-likeness (QED) is 0.256. The lowest BCUT2D eigenvalue weighted by molar-refractivity contribution is 1.02. The summed E-state index contributed by atoms with van der Waals surface area (Å²) < 4.78 is 0. The number of rotatable bonds is 1. The molecular formula is C29H20S2. The highest BCUT2D eigenvalue weighted by Crippen LogP contribution is 2.59. The van der Waals surface area contributed by atoms with Crippen LogP contribution in [0.3, 0.4) is 0 Å². The van der Waals surface area contributed by atoms with Gasteiger partial charge in [0.1, 0.15) is 0 Å². The molecule has 2 aliphatic rings. The van der Waals surface area contributed by atoms with E-state index in [1.807, 2.05) is 11.8 Å². The maximum absolute atomic E-state index is 2.39. The molecule has 1 unspecified atom stereocenters. The van der Waals surface area contributed by atoms with Crippen LogP contribution in [0.25, 0.3) is 32.7 Å². The molecule has 148 valence electrons. The number of benzene rings is 5. The van der Waals surface area contributed by atoms with Gasteiger partial charge in [0.25, 0.3) is 0 Å². The van der Waals surface area contributed by atoms with E-state index in [2.05, 4.69) is 103 Å². The molecule has 1 aliphatic heterocycles. The molecule has 0 N–H and O–H groups in total. The molecule has 0 saturated heterocycles. The van der Waals surface area contributed by atoms with Gasteiger partial charge in [0.05, 0.1) is 0 Å². The second kappa shape index (κ2) is 6.91. The third kappa shape index (κ3) is 2.52. The Kier molecular flexibility index (Phi) is 4.00. The van der Waals surface area contributed by atoms with Crippen LogP contribution in [-0.4, -0.2) is 11.5 Å². The van der Waals surface area contributed by atoms with Crippen molar-refractivity contribution in [3.63, 3.8) is 0 Å². The highest BCUT2D eigenvalue weighted by atomic mass is 32.2. The van der Waals surface area contributed by atoms with Crippen molar-refractivity contribution >= 4 is 45.1 Å². The minimum atomic E-state index is 0.276. The molecule has 7 rings (SSSR count). The summed E-state index contributed by atoms with van der Waals surface area (Å²) in [5.41, 5.74) is 7.29. The monoisotopic (exact) mass is 432 g/mol. The van der Waals surface area contributed by atoms with Gasteiger partial charge in [-0.3, -0.25) is 0 Å². The van der Waals surface area contributed by atoms with Gasteiger partial charge in [-0.15, -0.1) is 23.5 Å². The first-order valence-electron chi connectivity index (χ1n) is 10.8. The van der Waals surface area contributed by atoms with E-state index in [9.17, 15) is 0 Å². The molecule has 0 saturated carbocycles. The normalized spacial score (nSPS) is 16.8. The van der Waals surface area contributed by atoms with Crippen LogP contribution < -0.4 is 0 Å². The van der Waals surface area contributed by atoms with Crippen LogP contribution in [0.5, 0.6) is 0 Å². The van der Waals surface area contributed by atoms with E-state index in [1.165, 1.54) is 70.7 Å². The Morgan fingerprint density at radius 2 is 1.23 bits per heavy atom. The highest BCUT2D eigenvalue weighted by Gasteiger charge is 2.37. The van der Waals surface area contributed by atoms with Crippen LogP contribution in [0, 0.1) is 0 Å². The van der Waals surface area contributed by atoms with E-state index in [0.717, 1.165) is 0 Å². The Hall–Kier alpha value is -2.68. The first-order chi connectivity index (χ1) is 15.4. The summed E-state index contributed by atoms with van der Waals surface area (Å²) >= 11 is 4.10. The van der Waals surface area contributed by atoms with E-state index < -0.39 is 0 Å². The average Bonchev–Trinajstić information content (AvgIpc) is 3.21. The maximum atomic E-state index is 2.39. The zero-order valence-electron chi connectivity index (χ0n) is 17.0. The van der Waals surface area contributed by atoms with Crippen LogP contribution in [-0.2, 0) is 0 Å². The zero-order valence-corrected chi connectivity index (χ0v) is 18.6. The molecule has 5 aromatic carbocycles. The van der Waals surface area contributed by atoms with Crippen molar-refractivity contribution in [3.05, 3.63) is 108 Å². The van der Waals surface area contributed by atoms with Crippen LogP contribution in [0.4, 0.5) is 0 Å². The van der Waals surface area contributed by atoms with Gasteiger partial charge >= 0.3 is 0 Å². The minimum Gasteiger partial charge on any atom is -0.123 e. The molecule has 1 aliphatic carbocycles. The largest absolute Gasteiger partial charge is 0.123 e. The molecule has 0 amide bonds. The Labute approximate surface area is 190 Å². The summed E-state index contributed by atoms with van der Waals surface area (Å²) in [7, 11) is 0. The minimum absolute atomic E-state index is 0.276. The number of hydrogen-bond acceptors (Lipinski definition) is 2. The molecule has 0 radical (unpaired) electrons. The van der Waals surface area contributed by atoms with Crippen molar-refractivity contribution in [1.29, 1.82) is 0 Å². The van der Waals surface area contributed by atoms with Gasteiger partial charge in [0.15, 0.2) is 0 Å². The predicted octanol–water partition coefficient (Wildman–Crippen LogP) is 8.35. The fourth-order valence-corrected chi connectivity index (χ4v) is 8.07. The van der Waals surface area contributed by atoms with Gasteiger partial charge < -0.3 is 0 Å². The maximum Gasteiger partial charge on any atom is 0.0359 e. The SMILES string of the molecule is c1ccc(C2c3ccc4ccccc4c3-c3c4c(c5ccccc5c32)SCCS4)cc1. The van der Waals surface area contributed by atoms with E-state index in [1.54, 1.807) is 0 Å². The highest BCUT2D eigenvalue weighted by molar-refractivity contribution is 8.05. The lowest BCUT2D eigenvalue weighted by atomic mass is 9.86. The molecule has 0 aromatic heterocycles. The number of hydrogen-bond donors (Lipinski definition) is 0. The number of thioether (sulfide) groups is 2. The van der Waals surface area contributed by atoms with Crippen LogP contribution in [0.1, 0.15) is 22.6 Å². The molecule has 5 aromatic rings. The van der Waals surface area contributed by atoms with E-state index >= 15 is 0 Å². The van der Waals surface area contributed by atoms with Crippen LogP contribution in [0.15, 0.2) is 101 Å². The third-order valence-corrected chi connectivity index (χ3v) is 9.30. The molecular weight excluding hydrogens is 412 g/mol. The fourth-order valence-electron chi connectivity index (χ4n) is 5.48. The van der Waals surface area contributed by atoms with Gasteiger partial charge in [0, 0.05) is 32.8 Å². The molecule has 0 nitrogen and oxygen atoms in total. The summed E-state index contributed by atoms with van der Waals surface area (Å²) in [6.45, 7) is 0. The summed E-state index contributed by atoms with van der Waals surface area (Å²) in [5, 5.41) is 5.55. The standard InChI is InChI=1S/C29H20S2/c1-2-9-19(10-3-1)24-23-15-14-18-8-4-5-11-20(18)25(23)27-26(24)21-12-6-7-13-22(21)28-29(27)31-17-16-30-28/h1-15,24H,16-17H2. The van der Waals surface area contributed by atoms with Gasteiger partial charge in [-0.05, 0) is 43.8 Å². The summed E-state index contributed by atoms with van der Waals surface area (Å²) in [5.74, 6) is 2.64. The van der Waals surface area contributed by atoms with Crippen LogP contribution in [0.2, 0.25) is 0 Å². The van der Waals surface area contributed by atoms with Crippen molar-refractivity contribution in [2.75, 3.05) is 11.5 Å². The summed E-state index contributed by atoms with van der Waals surface area (Å²) in [6, 6.07) is 33.8. The van der Waals surface area contributed by atoms with Crippen molar-refractivity contribution in [2.45, 2.75) is 15.7 Å². The van der Waals surface area contributed by atoms with Crippen molar-refractivity contribution in [2.24, 2.45) is 0 Å². The Bertz CT molecular complexity index is 1480. The van der Waals surface area contributed by atoms with Crippen molar-refractivity contribution in [1.82, 2.24) is 0 Å². The third-order valence-electron chi connectivity index (χ3n) is 6.68.